The van der Waals surface area contributed by atoms with Gasteiger partial charge in [-0.15, -0.1) is 0 Å². The molecule has 0 radical (unpaired) electrons. The maximum absolute atomic E-state index is 12.8. The van der Waals surface area contributed by atoms with Crippen molar-refractivity contribution >= 4 is 5.91 Å². The average molecular weight is 189 g/mol. The van der Waals surface area contributed by atoms with Crippen molar-refractivity contribution in [2.75, 3.05) is 7.05 Å². The van der Waals surface area contributed by atoms with Gasteiger partial charge in [-0.2, -0.15) is 0 Å². The Morgan fingerprint density at radius 2 is 2.00 bits per heavy atom. The minimum absolute atomic E-state index is 0.123. The van der Waals surface area contributed by atoms with E-state index in [1.807, 2.05) is 0 Å². The Morgan fingerprint density at radius 3 is 2.31 bits per heavy atom. The van der Waals surface area contributed by atoms with Crippen molar-refractivity contribution < 1.29 is 13.6 Å². The number of rotatable bonds is 2. The van der Waals surface area contributed by atoms with Gasteiger partial charge < -0.3 is 4.90 Å². The highest BCUT2D eigenvalue weighted by Crippen LogP contribution is 2.45. The fourth-order valence-electron chi connectivity index (χ4n) is 1.70. The SMILES string of the molecule is CN(C(=O)C1CCC1(F)F)C1CC1. The van der Waals surface area contributed by atoms with Crippen molar-refractivity contribution in [2.24, 2.45) is 5.92 Å². The van der Waals surface area contributed by atoms with Gasteiger partial charge in [0.1, 0.15) is 5.92 Å². The summed E-state index contributed by atoms with van der Waals surface area (Å²) < 4.78 is 25.7. The van der Waals surface area contributed by atoms with Gasteiger partial charge >= 0.3 is 0 Å². The Bertz CT molecular complexity index is 238. The van der Waals surface area contributed by atoms with E-state index in [0.717, 1.165) is 12.8 Å². The van der Waals surface area contributed by atoms with Crippen molar-refractivity contribution in [3.8, 4) is 0 Å². The standard InChI is InChI=1S/C9H13F2NO/c1-12(6-2-3-6)8(13)7-4-5-9(7,10)11/h6-7H,2-5H2,1H3. The predicted octanol–water partition coefficient (Wildman–Crippen LogP) is 1.65. The number of halogens is 2. The van der Waals surface area contributed by atoms with E-state index in [1.165, 1.54) is 4.90 Å². The lowest BCUT2D eigenvalue weighted by Crippen LogP contribution is -2.49. The van der Waals surface area contributed by atoms with Crippen LogP contribution in [0.15, 0.2) is 0 Å². The monoisotopic (exact) mass is 189 g/mol. The van der Waals surface area contributed by atoms with Gasteiger partial charge in [0, 0.05) is 19.5 Å². The molecule has 2 saturated carbocycles. The van der Waals surface area contributed by atoms with Crippen molar-refractivity contribution in [2.45, 2.75) is 37.6 Å². The van der Waals surface area contributed by atoms with E-state index in [9.17, 15) is 13.6 Å². The lowest BCUT2D eigenvalue weighted by Gasteiger charge is -2.37. The second-order valence-electron chi connectivity index (χ2n) is 4.03. The maximum atomic E-state index is 12.8. The summed E-state index contributed by atoms with van der Waals surface area (Å²) in [6.07, 6.45) is 2.17. The molecule has 2 nitrogen and oxygen atoms in total. The third-order valence-electron chi connectivity index (χ3n) is 3.02. The Morgan fingerprint density at radius 1 is 1.38 bits per heavy atom. The number of alkyl halides is 2. The minimum atomic E-state index is -2.74. The molecule has 4 heteroatoms. The van der Waals surface area contributed by atoms with Gasteiger partial charge in [0.2, 0.25) is 5.91 Å². The van der Waals surface area contributed by atoms with Crippen LogP contribution in [0.25, 0.3) is 0 Å². The van der Waals surface area contributed by atoms with Gasteiger partial charge in [-0.25, -0.2) is 8.78 Å². The normalized spacial score (nSPS) is 30.8. The Hall–Kier alpha value is -0.670. The van der Waals surface area contributed by atoms with Crippen LogP contribution in [-0.2, 0) is 4.79 Å². The molecule has 0 aromatic rings. The molecule has 2 rings (SSSR count). The summed E-state index contributed by atoms with van der Waals surface area (Å²) in [4.78, 5) is 13.0. The molecule has 0 spiro atoms. The Labute approximate surface area is 75.9 Å². The third kappa shape index (κ3) is 1.42. The molecule has 0 saturated heterocycles. The van der Waals surface area contributed by atoms with Crippen LogP contribution in [0.4, 0.5) is 8.78 Å². The van der Waals surface area contributed by atoms with Gasteiger partial charge in [0.05, 0.1) is 0 Å². The summed E-state index contributed by atoms with van der Waals surface area (Å²) in [6, 6.07) is 0.240. The van der Waals surface area contributed by atoms with Crippen molar-refractivity contribution in [1.82, 2.24) is 4.90 Å². The van der Waals surface area contributed by atoms with E-state index < -0.39 is 11.8 Å². The molecule has 1 amide bonds. The molecule has 0 aromatic carbocycles. The van der Waals surface area contributed by atoms with E-state index in [0.29, 0.717) is 6.42 Å². The first kappa shape index (κ1) is 8.91. The molecule has 0 aliphatic heterocycles. The van der Waals surface area contributed by atoms with Crippen molar-refractivity contribution in [3.05, 3.63) is 0 Å². The predicted molar refractivity (Wildman–Crippen MR) is 43.5 cm³/mol. The average Bonchev–Trinajstić information content (AvgIpc) is 2.83. The highest BCUT2D eigenvalue weighted by molar-refractivity contribution is 5.81. The van der Waals surface area contributed by atoms with Crippen LogP contribution in [0, 0.1) is 5.92 Å². The van der Waals surface area contributed by atoms with Crippen molar-refractivity contribution in [3.63, 3.8) is 0 Å². The maximum Gasteiger partial charge on any atom is 0.259 e. The number of amides is 1. The molecule has 0 N–H and O–H groups in total. The van der Waals surface area contributed by atoms with Gasteiger partial charge in [0.25, 0.3) is 5.92 Å². The van der Waals surface area contributed by atoms with Crippen LogP contribution in [0.2, 0.25) is 0 Å². The number of carbonyl (C=O) groups excluding carboxylic acids is 1. The number of hydrogen-bond acceptors (Lipinski definition) is 1. The molecule has 2 aliphatic carbocycles. The highest BCUT2D eigenvalue weighted by Gasteiger charge is 2.54. The van der Waals surface area contributed by atoms with Gasteiger partial charge in [-0.05, 0) is 19.3 Å². The molecule has 74 valence electrons. The van der Waals surface area contributed by atoms with Crippen LogP contribution >= 0.6 is 0 Å². The van der Waals surface area contributed by atoms with Gasteiger partial charge in [0.15, 0.2) is 0 Å². The van der Waals surface area contributed by atoms with Crippen LogP contribution in [-0.4, -0.2) is 29.8 Å². The first-order valence-electron chi connectivity index (χ1n) is 4.67. The third-order valence-corrected chi connectivity index (χ3v) is 3.02. The summed E-state index contributed by atoms with van der Waals surface area (Å²) in [5, 5.41) is 0. The molecule has 1 unspecified atom stereocenters. The number of hydrogen-bond donors (Lipinski definition) is 0. The molecule has 0 bridgehead atoms. The van der Waals surface area contributed by atoms with Crippen molar-refractivity contribution in [1.29, 1.82) is 0 Å². The lowest BCUT2D eigenvalue weighted by atomic mass is 9.80. The molecule has 2 aliphatic rings. The van der Waals surface area contributed by atoms with E-state index in [1.54, 1.807) is 7.05 Å². The number of nitrogens with zero attached hydrogens (tertiary/aromatic N) is 1. The molecular formula is C9H13F2NO. The zero-order chi connectivity index (χ0) is 9.64. The quantitative estimate of drug-likeness (QED) is 0.646. The molecule has 2 fully saturated rings. The summed E-state index contributed by atoms with van der Waals surface area (Å²) in [7, 11) is 1.63. The second kappa shape index (κ2) is 2.66. The summed E-state index contributed by atoms with van der Waals surface area (Å²) in [5.74, 6) is -4.13. The van der Waals surface area contributed by atoms with Crippen LogP contribution in [0.3, 0.4) is 0 Å². The number of carbonyl (C=O) groups is 1. The minimum Gasteiger partial charge on any atom is -0.342 e. The van der Waals surface area contributed by atoms with Crippen LogP contribution < -0.4 is 0 Å². The first-order chi connectivity index (χ1) is 6.02. The van der Waals surface area contributed by atoms with E-state index in [-0.39, 0.29) is 18.4 Å². The zero-order valence-electron chi connectivity index (χ0n) is 7.59. The van der Waals surface area contributed by atoms with Gasteiger partial charge in [-0.3, -0.25) is 4.79 Å². The van der Waals surface area contributed by atoms with E-state index in [2.05, 4.69) is 0 Å². The summed E-state index contributed by atoms with van der Waals surface area (Å²) >= 11 is 0. The molecule has 1 atom stereocenters. The van der Waals surface area contributed by atoms with E-state index >= 15 is 0 Å². The summed E-state index contributed by atoms with van der Waals surface area (Å²) in [6.45, 7) is 0. The van der Waals surface area contributed by atoms with Crippen LogP contribution in [0.1, 0.15) is 25.7 Å². The zero-order valence-corrected chi connectivity index (χ0v) is 7.59. The molecule has 0 heterocycles. The topological polar surface area (TPSA) is 20.3 Å². The fraction of sp³-hybridized carbons (Fsp3) is 0.889. The van der Waals surface area contributed by atoms with Gasteiger partial charge in [-0.1, -0.05) is 0 Å². The highest BCUT2D eigenvalue weighted by atomic mass is 19.3. The largest absolute Gasteiger partial charge is 0.342 e. The lowest BCUT2D eigenvalue weighted by molar-refractivity contribution is -0.171. The van der Waals surface area contributed by atoms with E-state index in [4.69, 9.17) is 0 Å². The van der Waals surface area contributed by atoms with Crippen LogP contribution in [0.5, 0.6) is 0 Å². The second-order valence-corrected chi connectivity index (χ2v) is 4.03. The molecule has 0 aromatic heterocycles. The Kier molecular flexibility index (Phi) is 1.82. The smallest absolute Gasteiger partial charge is 0.259 e. The molecule has 13 heavy (non-hydrogen) atoms. The first-order valence-corrected chi connectivity index (χ1v) is 4.67. The fourth-order valence-corrected chi connectivity index (χ4v) is 1.70. The molecular weight excluding hydrogens is 176 g/mol. The Balaban J connectivity index is 1.96. The summed E-state index contributed by atoms with van der Waals surface area (Å²) in [5.41, 5.74) is 0.